The van der Waals surface area contributed by atoms with Gasteiger partial charge in [-0.2, -0.15) is 5.26 Å². The quantitative estimate of drug-likeness (QED) is 0.575. The number of hydrogen-bond acceptors (Lipinski definition) is 6. The number of para-hydroxylation sites is 1. The van der Waals surface area contributed by atoms with E-state index in [0.717, 1.165) is 11.3 Å². The molecule has 0 saturated heterocycles. The molecule has 1 heterocycles. The number of methoxy groups -OCH3 is 1. The van der Waals surface area contributed by atoms with Crippen LogP contribution in [0, 0.1) is 16.7 Å². The van der Waals surface area contributed by atoms with E-state index in [-0.39, 0.29) is 16.9 Å². The van der Waals surface area contributed by atoms with Gasteiger partial charge in [0.2, 0.25) is 0 Å². The number of benzene rings is 2. The topological polar surface area (TPSA) is 89.2 Å². The molecule has 0 aliphatic rings. The van der Waals surface area contributed by atoms with E-state index < -0.39 is 11.4 Å². The van der Waals surface area contributed by atoms with Crippen LogP contribution in [0.25, 0.3) is 17.3 Å². The lowest BCUT2D eigenvalue weighted by Crippen LogP contribution is -2.33. The van der Waals surface area contributed by atoms with Crippen LogP contribution in [-0.4, -0.2) is 23.4 Å². The zero-order chi connectivity index (χ0) is 23.5. The molecule has 0 fully saturated rings. The van der Waals surface area contributed by atoms with Crippen LogP contribution in [0.4, 0.5) is 0 Å². The monoisotopic (exact) mass is 446 g/mol. The molecule has 1 aromatic heterocycles. The van der Waals surface area contributed by atoms with Gasteiger partial charge in [-0.1, -0.05) is 51.1 Å². The van der Waals surface area contributed by atoms with Crippen LogP contribution in [0.3, 0.4) is 0 Å². The van der Waals surface area contributed by atoms with Gasteiger partial charge in [-0.15, -0.1) is 11.3 Å². The number of carbonyl (C=O) groups excluding carboxylic acids is 2. The van der Waals surface area contributed by atoms with E-state index in [1.165, 1.54) is 11.7 Å². The van der Waals surface area contributed by atoms with E-state index >= 15 is 0 Å². The molecule has 0 radical (unpaired) electrons. The predicted molar refractivity (Wildman–Crippen MR) is 124 cm³/mol. The Balaban J connectivity index is 2.32. The van der Waals surface area contributed by atoms with E-state index in [1.807, 2.05) is 12.1 Å². The molecule has 0 N–H and O–H groups in total. The van der Waals surface area contributed by atoms with Crippen LogP contribution in [0.1, 0.15) is 36.7 Å². The van der Waals surface area contributed by atoms with Crippen LogP contribution in [0.15, 0.2) is 59.4 Å². The molecule has 0 atom stereocenters. The second-order valence-electron chi connectivity index (χ2n) is 8.07. The number of thiazole rings is 1. The predicted octanol–water partition coefficient (Wildman–Crippen LogP) is 2.80. The maximum absolute atomic E-state index is 13.3. The number of Topliss-reactive ketones (excluding diaryl/α,β-unsaturated/α-hetero) is 1. The average Bonchev–Trinajstić information content (AvgIpc) is 3.09. The lowest BCUT2D eigenvalue weighted by molar-refractivity contribution is -0.120. The fourth-order valence-corrected chi connectivity index (χ4v) is 4.12. The van der Waals surface area contributed by atoms with Crippen molar-refractivity contribution in [1.29, 1.82) is 5.26 Å². The van der Waals surface area contributed by atoms with Crippen molar-refractivity contribution >= 4 is 34.7 Å². The fourth-order valence-electron chi connectivity index (χ4n) is 3.02. The van der Waals surface area contributed by atoms with E-state index in [9.17, 15) is 19.6 Å². The first kappa shape index (κ1) is 22.9. The molecule has 32 heavy (non-hydrogen) atoms. The maximum atomic E-state index is 13.3. The van der Waals surface area contributed by atoms with Crippen LogP contribution in [0.2, 0.25) is 0 Å². The van der Waals surface area contributed by atoms with Crippen LogP contribution in [-0.2, 0) is 9.53 Å². The Morgan fingerprint density at radius 1 is 1.06 bits per heavy atom. The summed E-state index contributed by atoms with van der Waals surface area (Å²) in [7, 11) is 1.31. The van der Waals surface area contributed by atoms with Gasteiger partial charge in [0.1, 0.15) is 16.3 Å². The molecule has 0 aliphatic heterocycles. The van der Waals surface area contributed by atoms with Crippen molar-refractivity contribution in [1.82, 2.24) is 4.57 Å². The van der Waals surface area contributed by atoms with Gasteiger partial charge in [0.25, 0.3) is 5.56 Å². The second kappa shape index (κ2) is 9.16. The molecule has 0 saturated carbocycles. The first-order chi connectivity index (χ1) is 15.2. The summed E-state index contributed by atoms with van der Waals surface area (Å²) >= 11 is 1.09. The first-order valence-corrected chi connectivity index (χ1v) is 10.7. The summed E-state index contributed by atoms with van der Waals surface area (Å²) in [6.07, 6.45) is 1.67. The van der Waals surface area contributed by atoms with Crippen LogP contribution < -0.4 is 14.8 Å². The summed E-state index contributed by atoms with van der Waals surface area (Å²) in [5.74, 6) is -0.782. The Hall–Kier alpha value is -3.76. The van der Waals surface area contributed by atoms with Gasteiger partial charge < -0.3 is 4.74 Å². The Labute approximate surface area is 189 Å². The zero-order valence-corrected chi connectivity index (χ0v) is 19.0. The normalized spacial score (nSPS) is 12.8. The van der Waals surface area contributed by atoms with Crippen molar-refractivity contribution in [2.75, 3.05) is 7.11 Å². The van der Waals surface area contributed by atoms with Crippen molar-refractivity contribution in [2.24, 2.45) is 5.41 Å². The smallest absolute Gasteiger partial charge is 0.337 e. The third-order valence-electron chi connectivity index (χ3n) is 4.70. The highest BCUT2D eigenvalue weighted by Gasteiger charge is 2.27. The molecule has 162 valence electrons. The van der Waals surface area contributed by atoms with E-state index in [0.29, 0.717) is 26.0 Å². The second-order valence-corrected chi connectivity index (χ2v) is 9.10. The van der Waals surface area contributed by atoms with E-state index in [1.54, 1.807) is 75.4 Å². The molecular weight excluding hydrogens is 424 g/mol. The van der Waals surface area contributed by atoms with E-state index in [4.69, 9.17) is 4.74 Å². The van der Waals surface area contributed by atoms with Crippen LogP contribution in [0.5, 0.6) is 0 Å². The summed E-state index contributed by atoms with van der Waals surface area (Å²) in [5.41, 5.74) is 0.503. The molecule has 7 heteroatoms. The highest BCUT2D eigenvalue weighted by Crippen LogP contribution is 2.20. The average molecular weight is 447 g/mol. The van der Waals surface area contributed by atoms with Crippen molar-refractivity contribution in [2.45, 2.75) is 20.8 Å². The van der Waals surface area contributed by atoms with Gasteiger partial charge in [-0.25, -0.2) is 4.79 Å². The zero-order valence-electron chi connectivity index (χ0n) is 18.2. The standard InChI is InChI=1S/C25H22N2O4S/c1-25(2,3)21(28)19(15-26)23-27(18-8-6-5-7-9-18)22(29)20(32-23)14-16-10-12-17(13-11-16)24(30)31-4/h5-14H,1-4H3/b20-14+,23-19+. The highest BCUT2D eigenvalue weighted by atomic mass is 32.1. The lowest BCUT2D eigenvalue weighted by atomic mass is 9.87. The third kappa shape index (κ3) is 4.61. The molecule has 3 rings (SSSR count). The molecule has 0 unspecified atom stereocenters. The third-order valence-corrected chi connectivity index (χ3v) is 5.79. The highest BCUT2D eigenvalue weighted by molar-refractivity contribution is 7.07. The van der Waals surface area contributed by atoms with Crippen molar-refractivity contribution in [3.8, 4) is 11.8 Å². The summed E-state index contributed by atoms with van der Waals surface area (Å²) in [4.78, 5) is 38.0. The van der Waals surface area contributed by atoms with E-state index in [2.05, 4.69) is 0 Å². The summed E-state index contributed by atoms with van der Waals surface area (Å²) in [6.45, 7) is 5.21. The van der Waals surface area contributed by atoms with Gasteiger partial charge in [-0.05, 0) is 35.9 Å². The molecule has 0 aliphatic carbocycles. The Morgan fingerprint density at radius 3 is 2.22 bits per heavy atom. The molecule has 0 bridgehead atoms. The van der Waals surface area contributed by atoms with Gasteiger partial charge in [0.05, 0.1) is 22.9 Å². The summed E-state index contributed by atoms with van der Waals surface area (Å²) < 4.78 is 6.77. The largest absolute Gasteiger partial charge is 0.465 e. The number of hydrogen-bond donors (Lipinski definition) is 0. The van der Waals surface area contributed by atoms with Gasteiger partial charge in [0.15, 0.2) is 5.78 Å². The molecule has 0 amide bonds. The fraction of sp³-hybridized carbons (Fsp3) is 0.200. The lowest BCUT2D eigenvalue weighted by Gasteiger charge is -2.15. The van der Waals surface area contributed by atoms with Gasteiger partial charge >= 0.3 is 5.97 Å². The Bertz CT molecular complexity index is 1380. The number of ketones is 1. The Kier molecular flexibility index (Phi) is 6.56. The molecule has 2 aromatic carbocycles. The number of nitrogens with zero attached hydrogens (tertiary/aromatic N) is 2. The first-order valence-electron chi connectivity index (χ1n) is 9.84. The summed E-state index contributed by atoms with van der Waals surface area (Å²) in [5, 5.41) is 9.81. The van der Waals surface area contributed by atoms with Crippen LogP contribution >= 0.6 is 11.3 Å². The minimum atomic E-state index is -0.778. The number of carbonyl (C=O) groups is 2. The molecule has 0 spiro atoms. The maximum Gasteiger partial charge on any atom is 0.337 e. The minimum absolute atomic E-state index is 0.0517. The summed E-state index contributed by atoms with van der Waals surface area (Å²) in [6, 6.07) is 17.5. The van der Waals surface area contributed by atoms with Crippen molar-refractivity contribution in [3.05, 3.63) is 85.3 Å². The van der Waals surface area contributed by atoms with Crippen molar-refractivity contribution in [3.63, 3.8) is 0 Å². The van der Waals surface area contributed by atoms with Gasteiger partial charge in [0, 0.05) is 5.41 Å². The number of aromatic nitrogens is 1. The molecule has 3 aromatic rings. The van der Waals surface area contributed by atoms with Gasteiger partial charge in [-0.3, -0.25) is 14.2 Å². The Morgan fingerprint density at radius 2 is 1.69 bits per heavy atom. The molecule has 6 nitrogen and oxygen atoms in total. The number of esters is 1. The number of nitriles is 1. The minimum Gasteiger partial charge on any atom is -0.465 e. The number of ether oxygens (including phenoxy) is 1. The number of rotatable bonds is 4. The van der Waals surface area contributed by atoms with Crippen molar-refractivity contribution < 1.29 is 14.3 Å². The SMILES string of the molecule is COC(=O)c1ccc(/C=c2/s/c(=C(\C#N)C(=O)C(C)(C)C)n(-c3ccccc3)c2=O)cc1. The molecular formula is C25H22N2O4S.